The number of carbonyl (C=O) groups is 1. The molecule has 2 N–H and O–H groups in total. The van der Waals surface area contributed by atoms with Crippen molar-refractivity contribution in [3.05, 3.63) is 60.7 Å². The third-order valence-electron chi connectivity index (χ3n) is 3.22. The van der Waals surface area contributed by atoms with Crippen molar-refractivity contribution in [2.24, 2.45) is 0 Å². The molecule has 0 aliphatic carbocycles. The lowest BCUT2D eigenvalue weighted by Gasteiger charge is -2.12. The van der Waals surface area contributed by atoms with Gasteiger partial charge in [-0.15, -0.1) is 0 Å². The lowest BCUT2D eigenvalue weighted by atomic mass is 10.2. The van der Waals surface area contributed by atoms with E-state index in [0.29, 0.717) is 11.4 Å². The van der Waals surface area contributed by atoms with E-state index in [1.54, 1.807) is 38.5 Å². The van der Waals surface area contributed by atoms with E-state index < -0.39 is 0 Å². The molecule has 0 aliphatic rings. The molecule has 0 saturated carbocycles. The number of rotatable bonds is 8. The number of hydrogen-bond donors (Lipinski definition) is 2. The van der Waals surface area contributed by atoms with E-state index in [2.05, 4.69) is 17.4 Å². The van der Waals surface area contributed by atoms with Gasteiger partial charge in [0.05, 0.1) is 19.9 Å². The van der Waals surface area contributed by atoms with Crippen LogP contribution in [-0.2, 0) is 4.79 Å². The van der Waals surface area contributed by atoms with Crippen molar-refractivity contribution < 1.29 is 19.0 Å². The predicted octanol–water partition coefficient (Wildman–Crippen LogP) is 2.37. The Labute approximate surface area is 141 Å². The monoisotopic (exact) mass is 328 g/mol. The smallest absolute Gasteiger partial charge is 0.276 e. The van der Waals surface area contributed by atoms with E-state index in [0.717, 1.165) is 17.1 Å². The van der Waals surface area contributed by atoms with Gasteiger partial charge in [0.1, 0.15) is 17.2 Å². The molecule has 24 heavy (non-hydrogen) atoms. The minimum atomic E-state index is -0.319. The van der Waals surface area contributed by atoms with Crippen LogP contribution < -0.4 is 25.1 Å². The molecule has 1 amide bonds. The fourth-order valence-corrected chi connectivity index (χ4v) is 1.87. The van der Waals surface area contributed by atoms with E-state index in [1.165, 1.54) is 0 Å². The molecule has 0 fully saturated rings. The van der Waals surface area contributed by atoms with Crippen molar-refractivity contribution in [3.8, 4) is 17.2 Å². The maximum absolute atomic E-state index is 11.8. The molecule has 0 saturated heterocycles. The zero-order chi connectivity index (χ0) is 17.4. The van der Waals surface area contributed by atoms with E-state index in [-0.39, 0.29) is 12.5 Å². The van der Waals surface area contributed by atoms with Crippen LogP contribution in [0.4, 0.5) is 0 Å². The Bertz CT molecular complexity index is 681. The second kappa shape index (κ2) is 8.47. The number of benzene rings is 2. The van der Waals surface area contributed by atoms with Crippen LogP contribution >= 0.6 is 0 Å². The van der Waals surface area contributed by atoms with Gasteiger partial charge in [-0.25, -0.2) is 0 Å². The molecule has 6 heteroatoms. The first-order chi connectivity index (χ1) is 11.6. The summed E-state index contributed by atoms with van der Waals surface area (Å²) in [6.45, 7) is 3.75. The Morgan fingerprint density at radius 3 is 1.92 bits per heavy atom. The van der Waals surface area contributed by atoms with Gasteiger partial charge in [-0.2, -0.15) is 0 Å². The maximum atomic E-state index is 11.8. The molecule has 0 heterocycles. The summed E-state index contributed by atoms with van der Waals surface area (Å²) in [5.41, 5.74) is 6.69. The fourth-order valence-electron chi connectivity index (χ4n) is 1.87. The second-order valence-corrected chi connectivity index (χ2v) is 4.84. The second-order valence-electron chi connectivity index (χ2n) is 4.84. The number of amides is 1. The molecule has 0 aromatic heterocycles. The lowest BCUT2D eigenvalue weighted by molar-refractivity contribution is -0.123. The summed E-state index contributed by atoms with van der Waals surface area (Å²) in [6, 6.07) is 14.3. The van der Waals surface area contributed by atoms with Crippen molar-refractivity contribution in [2.45, 2.75) is 0 Å². The fraction of sp³-hybridized carbons (Fsp3) is 0.167. The largest absolute Gasteiger partial charge is 0.497 e. The van der Waals surface area contributed by atoms with Crippen LogP contribution in [0.25, 0.3) is 5.70 Å². The van der Waals surface area contributed by atoms with Crippen LogP contribution in [-0.4, -0.2) is 26.7 Å². The van der Waals surface area contributed by atoms with Gasteiger partial charge < -0.3 is 14.2 Å². The molecular formula is C18H20N2O4. The summed E-state index contributed by atoms with van der Waals surface area (Å²) in [5.74, 6) is 1.74. The number of ether oxygens (including phenoxy) is 3. The number of hydrogen-bond acceptors (Lipinski definition) is 5. The van der Waals surface area contributed by atoms with Crippen LogP contribution in [0.2, 0.25) is 0 Å². The number of nitrogens with one attached hydrogen (secondary N) is 2. The zero-order valence-corrected chi connectivity index (χ0v) is 13.7. The Balaban J connectivity index is 1.76. The van der Waals surface area contributed by atoms with E-state index in [9.17, 15) is 4.79 Å². The molecular weight excluding hydrogens is 308 g/mol. The molecule has 0 bridgehead atoms. The minimum Gasteiger partial charge on any atom is -0.497 e. The quantitative estimate of drug-likeness (QED) is 0.728. The Hall–Kier alpha value is -3.15. The molecule has 0 spiro atoms. The van der Waals surface area contributed by atoms with E-state index in [1.807, 2.05) is 24.3 Å². The SMILES string of the molecule is C=C(NNC(=O)COc1ccc(OC)cc1)c1ccc(OC)cc1. The predicted molar refractivity (Wildman–Crippen MR) is 91.8 cm³/mol. The van der Waals surface area contributed by atoms with Gasteiger partial charge in [0.2, 0.25) is 0 Å². The number of methoxy groups -OCH3 is 2. The first-order valence-electron chi connectivity index (χ1n) is 7.27. The van der Waals surface area contributed by atoms with Crippen molar-refractivity contribution in [3.63, 3.8) is 0 Å². The summed E-state index contributed by atoms with van der Waals surface area (Å²) in [6.07, 6.45) is 0. The molecule has 2 aromatic rings. The maximum Gasteiger partial charge on any atom is 0.276 e. The number of carbonyl (C=O) groups excluding carboxylic acids is 1. The van der Waals surface area contributed by atoms with Gasteiger partial charge in [0.15, 0.2) is 6.61 Å². The Kier molecular flexibility index (Phi) is 6.08. The summed E-state index contributed by atoms with van der Waals surface area (Å²) < 4.78 is 15.5. The third kappa shape index (κ3) is 4.95. The number of hydrazine groups is 1. The van der Waals surface area contributed by atoms with Gasteiger partial charge in [-0.1, -0.05) is 6.58 Å². The highest BCUT2D eigenvalue weighted by atomic mass is 16.5. The molecule has 0 radical (unpaired) electrons. The normalized spacial score (nSPS) is 9.75. The molecule has 2 aromatic carbocycles. The van der Waals surface area contributed by atoms with Gasteiger partial charge >= 0.3 is 0 Å². The lowest BCUT2D eigenvalue weighted by Crippen LogP contribution is -2.38. The summed E-state index contributed by atoms with van der Waals surface area (Å²) in [7, 11) is 3.19. The average Bonchev–Trinajstić information content (AvgIpc) is 2.64. The van der Waals surface area contributed by atoms with Crippen LogP contribution in [0.3, 0.4) is 0 Å². The molecule has 2 rings (SSSR count). The van der Waals surface area contributed by atoms with Crippen molar-refractivity contribution in [1.29, 1.82) is 0 Å². The standard InChI is InChI=1S/C18H20N2O4/c1-13(14-4-6-15(22-2)7-5-14)19-20-18(21)12-24-17-10-8-16(23-3)9-11-17/h4-11,19H,1,12H2,2-3H3,(H,20,21). The minimum absolute atomic E-state index is 0.116. The zero-order valence-electron chi connectivity index (χ0n) is 13.7. The van der Waals surface area contributed by atoms with Crippen molar-refractivity contribution in [1.82, 2.24) is 10.9 Å². The average molecular weight is 328 g/mol. The van der Waals surface area contributed by atoms with Crippen LogP contribution in [0.1, 0.15) is 5.56 Å². The van der Waals surface area contributed by atoms with E-state index >= 15 is 0 Å². The molecule has 6 nitrogen and oxygen atoms in total. The van der Waals surface area contributed by atoms with Crippen molar-refractivity contribution in [2.75, 3.05) is 20.8 Å². The molecule has 126 valence electrons. The molecule has 0 atom stereocenters. The molecule has 0 aliphatic heterocycles. The molecule has 0 unspecified atom stereocenters. The van der Waals surface area contributed by atoms with Gasteiger partial charge in [0.25, 0.3) is 5.91 Å². The first kappa shape index (κ1) is 17.2. The Morgan fingerprint density at radius 2 is 1.38 bits per heavy atom. The highest BCUT2D eigenvalue weighted by Crippen LogP contribution is 2.17. The van der Waals surface area contributed by atoms with Gasteiger partial charge in [-0.05, 0) is 54.1 Å². The summed E-state index contributed by atoms with van der Waals surface area (Å²) in [5, 5.41) is 0. The van der Waals surface area contributed by atoms with Crippen LogP contribution in [0.15, 0.2) is 55.1 Å². The highest BCUT2D eigenvalue weighted by molar-refractivity contribution is 5.78. The first-order valence-corrected chi connectivity index (χ1v) is 7.27. The van der Waals surface area contributed by atoms with Crippen molar-refractivity contribution >= 4 is 11.6 Å². The summed E-state index contributed by atoms with van der Waals surface area (Å²) >= 11 is 0. The van der Waals surface area contributed by atoms with Crippen LogP contribution in [0, 0.1) is 0 Å². The topological polar surface area (TPSA) is 68.8 Å². The Morgan fingerprint density at radius 1 is 0.875 bits per heavy atom. The van der Waals surface area contributed by atoms with Gasteiger partial charge in [0, 0.05) is 0 Å². The third-order valence-corrected chi connectivity index (χ3v) is 3.22. The highest BCUT2D eigenvalue weighted by Gasteiger charge is 2.04. The van der Waals surface area contributed by atoms with Gasteiger partial charge in [-0.3, -0.25) is 15.6 Å². The summed E-state index contributed by atoms with van der Waals surface area (Å²) in [4.78, 5) is 11.8. The van der Waals surface area contributed by atoms with Crippen LogP contribution in [0.5, 0.6) is 17.2 Å². The van der Waals surface area contributed by atoms with E-state index in [4.69, 9.17) is 14.2 Å².